The van der Waals surface area contributed by atoms with Crippen LogP contribution < -0.4 is 9.81 Å². The fraction of sp³-hybridized carbons (Fsp3) is 0.118. The fourth-order valence-electron chi connectivity index (χ4n) is 2.30. The lowest BCUT2D eigenvalue weighted by Crippen LogP contribution is -2.10. The standard InChI is InChI=1S/C17H13BrO5S/c1-10-8-17(19)22-16-7-11(2)15(9-14(10)16)23-24(20,21)13-5-3-12(18)4-6-13/h3-9H,1-2H3. The lowest BCUT2D eigenvalue weighted by molar-refractivity contribution is 0.484. The van der Waals surface area contributed by atoms with Gasteiger partial charge in [0.15, 0.2) is 0 Å². The van der Waals surface area contributed by atoms with Crippen molar-refractivity contribution in [2.24, 2.45) is 0 Å². The number of fused-ring (bicyclic) bond motifs is 1. The first kappa shape index (κ1) is 16.7. The van der Waals surface area contributed by atoms with E-state index in [9.17, 15) is 13.2 Å². The van der Waals surface area contributed by atoms with Crippen LogP contribution in [0, 0.1) is 13.8 Å². The number of benzene rings is 2. The van der Waals surface area contributed by atoms with Gasteiger partial charge >= 0.3 is 15.7 Å². The molecule has 0 bridgehead atoms. The summed E-state index contributed by atoms with van der Waals surface area (Å²) >= 11 is 3.26. The molecule has 0 spiro atoms. The van der Waals surface area contributed by atoms with Crippen LogP contribution in [0.25, 0.3) is 11.0 Å². The number of aryl methyl sites for hydroxylation is 2. The van der Waals surface area contributed by atoms with Gasteiger partial charge in [0, 0.05) is 15.9 Å². The normalized spacial score (nSPS) is 11.6. The molecule has 0 atom stereocenters. The third-order valence-electron chi connectivity index (χ3n) is 3.55. The van der Waals surface area contributed by atoms with Gasteiger partial charge in [0.25, 0.3) is 0 Å². The first-order valence-corrected chi connectivity index (χ1v) is 9.21. The Labute approximate surface area is 147 Å². The highest BCUT2D eigenvalue weighted by Crippen LogP contribution is 2.29. The minimum atomic E-state index is -3.96. The molecule has 24 heavy (non-hydrogen) atoms. The molecule has 124 valence electrons. The maximum Gasteiger partial charge on any atom is 0.339 e. The summed E-state index contributed by atoms with van der Waals surface area (Å²) in [6.45, 7) is 3.44. The van der Waals surface area contributed by atoms with Gasteiger partial charge in [0.05, 0.1) is 0 Å². The molecule has 0 saturated heterocycles. The van der Waals surface area contributed by atoms with Gasteiger partial charge in [-0.15, -0.1) is 0 Å². The summed E-state index contributed by atoms with van der Waals surface area (Å²) in [7, 11) is -3.96. The average molecular weight is 409 g/mol. The second-order valence-corrected chi connectivity index (χ2v) is 7.82. The Morgan fingerprint density at radius 3 is 2.33 bits per heavy atom. The quantitative estimate of drug-likeness (QED) is 0.484. The molecule has 1 heterocycles. The Hall–Kier alpha value is -2.12. The minimum absolute atomic E-state index is 0.0570. The monoisotopic (exact) mass is 408 g/mol. The molecule has 0 amide bonds. The van der Waals surface area contributed by atoms with Crippen LogP contribution in [0.3, 0.4) is 0 Å². The Balaban J connectivity index is 2.08. The fourth-order valence-corrected chi connectivity index (χ4v) is 3.55. The second-order valence-electron chi connectivity index (χ2n) is 5.35. The third kappa shape index (κ3) is 3.22. The zero-order valence-corrected chi connectivity index (χ0v) is 15.3. The van der Waals surface area contributed by atoms with Gasteiger partial charge in [0.2, 0.25) is 0 Å². The number of hydrogen-bond donors (Lipinski definition) is 0. The summed E-state index contributed by atoms with van der Waals surface area (Å²) < 4.78 is 36.1. The van der Waals surface area contributed by atoms with Crippen LogP contribution >= 0.6 is 15.9 Å². The first-order chi connectivity index (χ1) is 11.3. The molecule has 0 aliphatic rings. The molecule has 5 nitrogen and oxygen atoms in total. The van der Waals surface area contributed by atoms with Crippen molar-refractivity contribution in [1.82, 2.24) is 0 Å². The van der Waals surface area contributed by atoms with Crippen molar-refractivity contribution in [3.8, 4) is 5.75 Å². The summed E-state index contributed by atoms with van der Waals surface area (Å²) in [5, 5.41) is 0.626. The van der Waals surface area contributed by atoms with Gasteiger partial charge in [-0.05, 0) is 61.4 Å². The van der Waals surface area contributed by atoms with Gasteiger partial charge in [-0.1, -0.05) is 15.9 Å². The summed E-state index contributed by atoms with van der Waals surface area (Å²) in [5.74, 6) is 0.197. The molecule has 3 aromatic rings. The molecule has 0 unspecified atom stereocenters. The van der Waals surface area contributed by atoms with Crippen molar-refractivity contribution in [3.63, 3.8) is 0 Å². The van der Waals surface area contributed by atoms with E-state index in [0.717, 1.165) is 4.47 Å². The van der Waals surface area contributed by atoms with Crippen molar-refractivity contribution in [1.29, 1.82) is 0 Å². The van der Waals surface area contributed by atoms with Crippen LogP contribution in [-0.4, -0.2) is 8.42 Å². The van der Waals surface area contributed by atoms with Crippen molar-refractivity contribution in [2.45, 2.75) is 18.7 Å². The van der Waals surface area contributed by atoms with Gasteiger partial charge < -0.3 is 8.60 Å². The molecule has 2 aromatic carbocycles. The lowest BCUT2D eigenvalue weighted by Gasteiger charge is -2.11. The molecular weight excluding hydrogens is 396 g/mol. The van der Waals surface area contributed by atoms with Crippen molar-refractivity contribution in [2.75, 3.05) is 0 Å². The van der Waals surface area contributed by atoms with Crippen molar-refractivity contribution >= 4 is 37.0 Å². The zero-order chi connectivity index (χ0) is 17.5. The smallest absolute Gasteiger partial charge is 0.339 e. The SMILES string of the molecule is Cc1cc2oc(=O)cc(C)c2cc1OS(=O)(=O)c1ccc(Br)cc1. The highest BCUT2D eigenvalue weighted by Gasteiger charge is 2.19. The summed E-state index contributed by atoms with van der Waals surface area (Å²) in [6, 6.07) is 10.7. The van der Waals surface area contributed by atoms with E-state index >= 15 is 0 Å². The molecule has 0 aliphatic heterocycles. The molecular formula is C17H13BrO5S. The summed E-state index contributed by atoms with van der Waals surface area (Å²) in [4.78, 5) is 11.5. The van der Waals surface area contributed by atoms with E-state index in [1.165, 1.54) is 18.2 Å². The molecule has 0 aliphatic carbocycles. The van der Waals surface area contributed by atoms with E-state index < -0.39 is 15.7 Å². The molecule has 0 N–H and O–H groups in total. The van der Waals surface area contributed by atoms with Crippen LogP contribution in [0.2, 0.25) is 0 Å². The van der Waals surface area contributed by atoms with E-state index in [1.807, 2.05) is 0 Å². The number of hydrogen-bond acceptors (Lipinski definition) is 5. The number of halogens is 1. The third-order valence-corrected chi connectivity index (χ3v) is 5.33. The minimum Gasteiger partial charge on any atom is -0.423 e. The van der Waals surface area contributed by atoms with E-state index in [2.05, 4.69) is 15.9 Å². The largest absolute Gasteiger partial charge is 0.423 e. The molecule has 1 aromatic heterocycles. The van der Waals surface area contributed by atoms with Crippen LogP contribution in [0.4, 0.5) is 0 Å². The maximum absolute atomic E-state index is 12.4. The first-order valence-electron chi connectivity index (χ1n) is 7.01. The van der Waals surface area contributed by atoms with Crippen LogP contribution in [0.15, 0.2) is 61.0 Å². The highest BCUT2D eigenvalue weighted by molar-refractivity contribution is 9.10. The Morgan fingerprint density at radius 2 is 1.67 bits per heavy atom. The summed E-state index contributed by atoms with van der Waals surface area (Å²) in [6.07, 6.45) is 0. The molecule has 3 rings (SSSR count). The van der Waals surface area contributed by atoms with Gasteiger partial charge in [-0.3, -0.25) is 0 Å². The Kier molecular flexibility index (Phi) is 4.23. The number of rotatable bonds is 3. The van der Waals surface area contributed by atoms with E-state index in [0.29, 0.717) is 22.1 Å². The maximum atomic E-state index is 12.4. The molecule has 7 heteroatoms. The Morgan fingerprint density at radius 1 is 1.00 bits per heavy atom. The highest BCUT2D eigenvalue weighted by atomic mass is 79.9. The average Bonchev–Trinajstić information content (AvgIpc) is 2.49. The van der Waals surface area contributed by atoms with Crippen molar-refractivity contribution in [3.05, 3.63) is 68.5 Å². The molecule has 0 saturated carbocycles. The van der Waals surface area contributed by atoms with Gasteiger partial charge in [-0.2, -0.15) is 8.42 Å². The van der Waals surface area contributed by atoms with Crippen LogP contribution in [-0.2, 0) is 10.1 Å². The lowest BCUT2D eigenvalue weighted by atomic mass is 10.1. The predicted octanol–water partition coefficient (Wildman–Crippen LogP) is 3.94. The second kappa shape index (κ2) is 6.07. The topological polar surface area (TPSA) is 73.6 Å². The molecule has 0 radical (unpaired) electrons. The van der Waals surface area contributed by atoms with Crippen LogP contribution in [0.1, 0.15) is 11.1 Å². The Bertz CT molecular complexity index is 1080. The van der Waals surface area contributed by atoms with Gasteiger partial charge in [0.1, 0.15) is 16.2 Å². The molecule has 0 fully saturated rings. The predicted molar refractivity (Wildman–Crippen MR) is 93.9 cm³/mol. The van der Waals surface area contributed by atoms with E-state index in [4.69, 9.17) is 8.60 Å². The summed E-state index contributed by atoms with van der Waals surface area (Å²) in [5.41, 5.74) is 1.19. The van der Waals surface area contributed by atoms with Crippen molar-refractivity contribution < 1.29 is 17.0 Å². The van der Waals surface area contributed by atoms with Gasteiger partial charge in [-0.25, -0.2) is 4.79 Å². The van der Waals surface area contributed by atoms with E-state index in [1.54, 1.807) is 38.1 Å². The van der Waals surface area contributed by atoms with Crippen LogP contribution in [0.5, 0.6) is 5.75 Å². The zero-order valence-electron chi connectivity index (χ0n) is 12.9. The van der Waals surface area contributed by atoms with E-state index in [-0.39, 0.29) is 10.6 Å².